The van der Waals surface area contributed by atoms with E-state index in [9.17, 15) is 18.0 Å². The van der Waals surface area contributed by atoms with Crippen molar-refractivity contribution in [1.29, 1.82) is 0 Å². The Kier molecular flexibility index (Phi) is 10.5. The molecule has 0 radical (unpaired) electrons. The normalized spacial score (nSPS) is 10.5. The van der Waals surface area contributed by atoms with E-state index in [0.29, 0.717) is 16.6 Å². The Labute approximate surface area is 215 Å². The van der Waals surface area contributed by atoms with Crippen molar-refractivity contribution >= 4 is 44.1 Å². The fourth-order valence-corrected chi connectivity index (χ4v) is 3.95. The molecule has 0 fully saturated rings. The zero-order chi connectivity index (χ0) is 24.1. The monoisotopic (exact) mass is 480 g/mol. The van der Waals surface area contributed by atoms with E-state index in [1.54, 1.807) is 49.4 Å². The van der Waals surface area contributed by atoms with Gasteiger partial charge in [0.25, 0.3) is 5.91 Å². The third-order valence-corrected chi connectivity index (χ3v) is 5.60. The average molecular weight is 481 g/mol. The molecule has 3 rings (SSSR count). The van der Waals surface area contributed by atoms with Crippen molar-refractivity contribution in [3.63, 3.8) is 0 Å². The number of nitrogens with two attached hydrogens (primary N) is 2. The molecule has 170 valence electrons. The number of rotatable bonds is 5. The number of primary amides is 1. The second-order valence-corrected chi connectivity index (χ2v) is 8.93. The molecule has 0 unspecified atom stereocenters. The first-order valence-corrected chi connectivity index (χ1v) is 11.5. The van der Waals surface area contributed by atoms with Gasteiger partial charge >= 0.3 is 29.6 Å². The maximum atomic E-state index is 12.3. The Bertz CT molecular complexity index is 1260. The van der Waals surface area contributed by atoms with Crippen LogP contribution in [0.15, 0.2) is 53.4 Å². The second kappa shape index (κ2) is 12.1. The summed E-state index contributed by atoms with van der Waals surface area (Å²) in [4.78, 5) is 29.4. The predicted octanol–water partition coefficient (Wildman–Crippen LogP) is -1.76. The van der Waals surface area contributed by atoms with Crippen molar-refractivity contribution in [2.45, 2.75) is 25.3 Å². The molecular formula is C22H25N4NaO5S. The van der Waals surface area contributed by atoms with Crippen LogP contribution in [0.4, 0.5) is 11.5 Å². The van der Waals surface area contributed by atoms with Gasteiger partial charge in [-0.25, -0.2) is 13.4 Å². The van der Waals surface area contributed by atoms with Gasteiger partial charge in [0.05, 0.1) is 28.2 Å². The zero-order valence-corrected chi connectivity index (χ0v) is 21.8. The number of pyridine rings is 1. The predicted molar refractivity (Wildman–Crippen MR) is 122 cm³/mol. The molecule has 0 atom stereocenters. The van der Waals surface area contributed by atoms with Crippen LogP contribution in [0, 0.1) is 0 Å². The number of hydrogen-bond donors (Lipinski definition) is 2. The molecule has 2 aromatic carbocycles. The molecule has 3 aromatic rings. The summed E-state index contributed by atoms with van der Waals surface area (Å²) in [7, 11) is -3.52. The van der Waals surface area contributed by atoms with Crippen LogP contribution < -0.4 is 51.0 Å². The number of carbonyl (C=O) groups excluding carboxylic acids is 2. The quantitative estimate of drug-likeness (QED) is 0.409. The van der Waals surface area contributed by atoms with Gasteiger partial charge in [-0.05, 0) is 29.8 Å². The number of anilines is 2. The number of nitrogen functional groups attached to an aromatic ring is 1. The number of fused-ring (bicyclic) bond motifs is 1. The Hall–Kier alpha value is -2.50. The van der Waals surface area contributed by atoms with E-state index in [2.05, 4.69) is 4.98 Å². The first-order chi connectivity index (χ1) is 15.0. The van der Waals surface area contributed by atoms with Crippen molar-refractivity contribution in [2.75, 3.05) is 23.5 Å². The molecule has 9 nitrogen and oxygen atoms in total. The molecule has 0 aliphatic rings. The number of para-hydroxylation sites is 1. The summed E-state index contributed by atoms with van der Waals surface area (Å²) in [6.45, 7) is 3.08. The molecule has 33 heavy (non-hydrogen) atoms. The van der Waals surface area contributed by atoms with Gasteiger partial charge in [-0.2, -0.15) is 0 Å². The molecule has 1 heterocycles. The Morgan fingerprint density at radius 3 is 2.27 bits per heavy atom. The minimum atomic E-state index is -3.52. The molecule has 0 saturated carbocycles. The molecule has 4 N–H and O–H groups in total. The molecule has 0 saturated heterocycles. The minimum Gasteiger partial charge on any atom is -0.855 e. The summed E-state index contributed by atoms with van der Waals surface area (Å²) >= 11 is 0. The third kappa shape index (κ3) is 7.24. The molecule has 0 spiro atoms. The fourth-order valence-electron chi connectivity index (χ4n) is 3.07. The molecule has 0 aliphatic heterocycles. The summed E-state index contributed by atoms with van der Waals surface area (Å²) in [6.07, 6.45) is 1.10. The third-order valence-electron chi connectivity index (χ3n) is 4.45. The average Bonchev–Trinajstić information content (AvgIpc) is 2.71. The number of carbonyl (C=O) groups is 2. The summed E-state index contributed by atoms with van der Waals surface area (Å²) in [5.74, 6) is -0.952. The van der Waals surface area contributed by atoms with Crippen LogP contribution >= 0.6 is 0 Å². The number of amides is 2. The standard InChI is InChI=1S/C20H20N4O4S.C2H5O.Na/c1-12(25)24(17-5-3-4-6-18(17)29(2,27)28)11-13-7-8-14-10-15(20(22)26)19(21)23-16(14)9-13;1-2-3;/h3-10H,11H2,1-2H3,(H2,21,23)(H2,22,26);2H2,1H3;/q;-1;+1. The number of nitrogens with zero attached hydrogens (tertiary/aromatic N) is 2. The largest absolute Gasteiger partial charge is 1.00 e. The van der Waals surface area contributed by atoms with Crippen molar-refractivity contribution in [3.8, 4) is 0 Å². The smallest absolute Gasteiger partial charge is 0.855 e. The van der Waals surface area contributed by atoms with E-state index < -0.39 is 15.7 Å². The molecule has 11 heteroatoms. The maximum absolute atomic E-state index is 12.3. The molecule has 0 aliphatic carbocycles. The first-order valence-electron chi connectivity index (χ1n) is 9.63. The van der Waals surface area contributed by atoms with Crippen LogP contribution in [0.3, 0.4) is 0 Å². The Morgan fingerprint density at radius 2 is 1.73 bits per heavy atom. The van der Waals surface area contributed by atoms with Gasteiger partial charge in [-0.1, -0.05) is 31.2 Å². The van der Waals surface area contributed by atoms with E-state index in [4.69, 9.17) is 16.6 Å². The first kappa shape index (κ1) is 28.5. The Balaban J connectivity index is 0.00000129. The Morgan fingerprint density at radius 1 is 1.12 bits per heavy atom. The van der Waals surface area contributed by atoms with E-state index in [-0.39, 0.29) is 64.9 Å². The van der Waals surface area contributed by atoms with E-state index in [1.165, 1.54) is 17.9 Å². The van der Waals surface area contributed by atoms with Crippen LogP contribution in [-0.2, 0) is 21.2 Å². The van der Waals surface area contributed by atoms with Crippen LogP contribution in [0.25, 0.3) is 10.9 Å². The molecule has 2 amide bonds. The van der Waals surface area contributed by atoms with Gasteiger partial charge in [0.1, 0.15) is 5.82 Å². The van der Waals surface area contributed by atoms with E-state index >= 15 is 0 Å². The SMILES string of the molecule is CC(=O)N(Cc1ccc2cc(C(N)=O)c(N)nc2c1)c1ccccc1S(C)(=O)=O.CC[O-].[Na+]. The molecular weight excluding hydrogens is 455 g/mol. The van der Waals surface area contributed by atoms with Gasteiger partial charge in [-0.3, -0.25) is 9.59 Å². The number of hydrogen-bond acceptors (Lipinski definition) is 7. The van der Waals surface area contributed by atoms with Gasteiger partial charge < -0.3 is 21.5 Å². The van der Waals surface area contributed by atoms with Crippen LogP contribution in [0.5, 0.6) is 0 Å². The van der Waals surface area contributed by atoms with Crippen molar-refractivity contribution in [2.24, 2.45) is 5.73 Å². The van der Waals surface area contributed by atoms with E-state index in [0.717, 1.165) is 11.8 Å². The summed E-state index contributed by atoms with van der Waals surface area (Å²) in [5, 5.41) is 9.60. The van der Waals surface area contributed by atoms with Gasteiger partial charge in [-0.15, -0.1) is 6.61 Å². The number of sulfone groups is 1. The van der Waals surface area contributed by atoms with Gasteiger partial charge in [0, 0.05) is 18.6 Å². The maximum Gasteiger partial charge on any atom is 1.00 e. The van der Waals surface area contributed by atoms with Crippen molar-refractivity contribution < 1.29 is 52.7 Å². The summed E-state index contributed by atoms with van der Waals surface area (Å²) < 4.78 is 24.3. The number of aromatic nitrogens is 1. The van der Waals surface area contributed by atoms with Gasteiger partial charge in [0.2, 0.25) is 5.91 Å². The van der Waals surface area contributed by atoms with Crippen LogP contribution in [0.1, 0.15) is 29.8 Å². The van der Waals surface area contributed by atoms with Crippen molar-refractivity contribution in [1.82, 2.24) is 4.98 Å². The van der Waals surface area contributed by atoms with Crippen molar-refractivity contribution in [3.05, 3.63) is 59.7 Å². The fraction of sp³-hybridized carbons (Fsp3) is 0.227. The van der Waals surface area contributed by atoms with Crippen LogP contribution in [-0.4, -0.2) is 38.1 Å². The topological polar surface area (TPSA) is 160 Å². The summed E-state index contributed by atoms with van der Waals surface area (Å²) in [6, 6.07) is 13.1. The second-order valence-electron chi connectivity index (χ2n) is 6.95. The molecule has 0 bridgehead atoms. The van der Waals surface area contributed by atoms with Crippen LogP contribution in [0.2, 0.25) is 0 Å². The van der Waals surface area contributed by atoms with E-state index in [1.807, 2.05) is 0 Å². The molecule has 1 aromatic heterocycles. The minimum absolute atomic E-state index is 0. The summed E-state index contributed by atoms with van der Waals surface area (Å²) in [5.41, 5.74) is 12.8. The van der Waals surface area contributed by atoms with Gasteiger partial charge in [0.15, 0.2) is 9.84 Å². The number of benzene rings is 2. The zero-order valence-electron chi connectivity index (χ0n) is 19.0.